The second-order valence-electron chi connectivity index (χ2n) is 2.42. The highest BCUT2D eigenvalue weighted by molar-refractivity contribution is 6.04. The van der Waals surface area contributed by atoms with Crippen molar-refractivity contribution >= 4 is 12.1 Å². The highest BCUT2D eigenvalue weighted by Crippen LogP contribution is 2.17. The Morgan fingerprint density at radius 3 is 2.73 bits per heavy atom. The SMILES string of the molecule is O=CC1C(=O)C(O)=CCC1O. The van der Waals surface area contributed by atoms with E-state index >= 15 is 0 Å². The first-order valence-corrected chi connectivity index (χ1v) is 3.23. The van der Waals surface area contributed by atoms with Crippen molar-refractivity contribution in [2.75, 3.05) is 0 Å². The van der Waals surface area contributed by atoms with Gasteiger partial charge in [-0.3, -0.25) is 4.79 Å². The first kappa shape index (κ1) is 7.94. The number of hydrogen-bond acceptors (Lipinski definition) is 4. The molecule has 4 heteroatoms. The van der Waals surface area contributed by atoms with Crippen LogP contribution >= 0.6 is 0 Å². The highest BCUT2D eigenvalue weighted by atomic mass is 16.3. The Morgan fingerprint density at radius 2 is 2.27 bits per heavy atom. The topological polar surface area (TPSA) is 74.6 Å². The summed E-state index contributed by atoms with van der Waals surface area (Å²) in [6, 6.07) is 0. The number of carbonyl (C=O) groups is 2. The molecule has 0 saturated carbocycles. The van der Waals surface area contributed by atoms with E-state index in [2.05, 4.69) is 0 Å². The summed E-state index contributed by atoms with van der Waals surface area (Å²) in [5, 5.41) is 17.9. The maximum absolute atomic E-state index is 10.9. The van der Waals surface area contributed by atoms with Gasteiger partial charge in [0.05, 0.1) is 6.10 Å². The summed E-state index contributed by atoms with van der Waals surface area (Å²) in [4.78, 5) is 21.1. The van der Waals surface area contributed by atoms with Gasteiger partial charge < -0.3 is 15.0 Å². The van der Waals surface area contributed by atoms with Crippen LogP contribution in [0.1, 0.15) is 6.42 Å². The first-order valence-electron chi connectivity index (χ1n) is 3.23. The molecule has 0 fully saturated rings. The van der Waals surface area contributed by atoms with Gasteiger partial charge in [-0.05, 0) is 12.5 Å². The number of ketones is 1. The van der Waals surface area contributed by atoms with Crippen molar-refractivity contribution in [3.05, 3.63) is 11.8 Å². The van der Waals surface area contributed by atoms with Gasteiger partial charge >= 0.3 is 0 Å². The summed E-state index contributed by atoms with van der Waals surface area (Å²) in [5.74, 6) is -2.20. The molecule has 60 valence electrons. The van der Waals surface area contributed by atoms with Gasteiger partial charge in [-0.2, -0.15) is 0 Å². The molecule has 0 spiro atoms. The summed E-state index contributed by atoms with van der Waals surface area (Å²) in [5.41, 5.74) is 0. The van der Waals surface area contributed by atoms with E-state index in [0.29, 0.717) is 6.29 Å². The van der Waals surface area contributed by atoms with E-state index in [9.17, 15) is 9.59 Å². The van der Waals surface area contributed by atoms with Crippen molar-refractivity contribution < 1.29 is 19.8 Å². The number of carbonyl (C=O) groups excluding carboxylic acids is 2. The van der Waals surface area contributed by atoms with Crippen LogP contribution in [0.25, 0.3) is 0 Å². The number of aliphatic hydroxyl groups excluding tert-OH is 2. The van der Waals surface area contributed by atoms with E-state index in [1.165, 1.54) is 6.08 Å². The molecule has 0 aromatic heterocycles. The second kappa shape index (κ2) is 2.84. The molecule has 2 atom stereocenters. The molecule has 0 amide bonds. The number of aliphatic hydroxyl groups is 2. The van der Waals surface area contributed by atoms with Crippen molar-refractivity contribution in [3.8, 4) is 0 Å². The lowest BCUT2D eigenvalue weighted by Gasteiger charge is -2.18. The molecule has 0 bridgehead atoms. The van der Waals surface area contributed by atoms with Gasteiger partial charge in [-0.1, -0.05) is 0 Å². The fraction of sp³-hybridized carbons (Fsp3) is 0.429. The van der Waals surface area contributed by atoms with Crippen LogP contribution in [0.5, 0.6) is 0 Å². The van der Waals surface area contributed by atoms with Crippen LogP contribution in [0.15, 0.2) is 11.8 Å². The summed E-state index contributed by atoms with van der Waals surface area (Å²) in [6.07, 6.45) is 0.750. The molecular weight excluding hydrogens is 148 g/mol. The van der Waals surface area contributed by atoms with Gasteiger partial charge in [0.25, 0.3) is 0 Å². The van der Waals surface area contributed by atoms with Gasteiger partial charge in [0.15, 0.2) is 5.76 Å². The Balaban J connectivity index is 2.88. The third kappa shape index (κ3) is 1.30. The van der Waals surface area contributed by atoms with Gasteiger partial charge in [-0.15, -0.1) is 0 Å². The molecule has 0 radical (unpaired) electrons. The van der Waals surface area contributed by atoms with E-state index < -0.39 is 23.6 Å². The monoisotopic (exact) mass is 156 g/mol. The molecular formula is C7H8O4. The molecule has 11 heavy (non-hydrogen) atoms. The molecule has 0 aromatic rings. The fourth-order valence-electron chi connectivity index (χ4n) is 0.978. The van der Waals surface area contributed by atoms with Gasteiger partial charge in [-0.25, -0.2) is 0 Å². The third-order valence-corrected chi connectivity index (χ3v) is 1.67. The number of aldehydes is 1. The number of rotatable bonds is 1. The minimum Gasteiger partial charge on any atom is -0.505 e. The Kier molecular flexibility index (Phi) is 2.05. The summed E-state index contributed by atoms with van der Waals surface area (Å²) in [7, 11) is 0. The molecule has 0 aliphatic heterocycles. The average molecular weight is 156 g/mol. The van der Waals surface area contributed by atoms with Crippen LogP contribution < -0.4 is 0 Å². The van der Waals surface area contributed by atoms with Crippen molar-refractivity contribution in [3.63, 3.8) is 0 Å². The van der Waals surface area contributed by atoms with Crippen molar-refractivity contribution in [2.24, 2.45) is 5.92 Å². The minimum absolute atomic E-state index is 0.154. The Bertz CT molecular complexity index is 218. The van der Waals surface area contributed by atoms with Crippen LogP contribution in [0.2, 0.25) is 0 Å². The van der Waals surface area contributed by atoms with Crippen LogP contribution in [0.3, 0.4) is 0 Å². The van der Waals surface area contributed by atoms with Crippen LogP contribution in [0.4, 0.5) is 0 Å². The molecule has 0 aromatic carbocycles. The van der Waals surface area contributed by atoms with Crippen molar-refractivity contribution in [1.82, 2.24) is 0 Å². The quantitative estimate of drug-likeness (QED) is 0.399. The standard InChI is InChI=1S/C7H8O4/c8-3-4-5(9)1-2-6(10)7(4)11/h2-5,9-10H,1H2. The predicted molar refractivity (Wildman–Crippen MR) is 35.9 cm³/mol. The molecule has 1 aliphatic rings. The van der Waals surface area contributed by atoms with Gasteiger partial charge in [0.1, 0.15) is 12.2 Å². The zero-order chi connectivity index (χ0) is 8.43. The lowest BCUT2D eigenvalue weighted by atomic mass is 9.90. The Labute approximate surface area is 63.1 Å². The minimum atomic E-state index is -1.08. The third-order valence-electron chi connectivity index (χ3n) is 1.67. The van der Waals surface area contributed by atoms with E-state index in [0.717, 1.165) is 0 Å². The van der Waals surface area contributed by atoms with Crippen LogP contribution in [-0.2, 0) is 9.59 Å². The number of Topliss-reactive ketones (excluding diaryl/α,β-unsaturated/α-hetero) is 1. The predicted octanol–water partition coefficient (Wildman–Crippen LogP) is -0.423. The molecule has 1 rings (SSSR count). The summed E-state index contributed by atoms with van der Waals surface area (Å²) >= 11 is 0. The van der Waals surface area contributed by atoms with E-state index in [1.807, 2.05) is 0 Å². The first-order chi connectivity index (χ1) is 5.16. The van der Waals surface area contributed by atoms with Crippen LogP contribution in [0, 0.1) is 5.92 Å². The maximum Gasteiger partial charge on any atom is 0.209 e. The van der Waals surface area contributed by atoms with Crippen LogP contribution in [-0.4, -0.2) is 28.4 Å². The van der Waals surface area contributed by atoms with Gasteiger partial charge in [0.2, 0.25) is 5.78 Å². The molecule has 0 heterocycles. The Hall–Kier alpha value is -1.16. The zero-order valence-electron chi connectivity index (χ0n) is 5.73. The van der Waals surface area contributed by atoms with E-state index in [-0.39, 0.29) is 6.42 Å². The Morgan fingerprint density at radius 1 is 1.64 bits per heavy atom. The molecule has 0 saturated heterocycles. The molecule has 2 unspecified atom stereocenters. The maximum atomic E-state index is 10.9. The molecule has 4 nitrogen and oxygen atoms in total. The highest BCUT2D eigenvalue weighted by Gasteiger charge is 2.31. The number of allylic oxidation sites excluding steroid dienone is 1. The lowest BCUT2D eigenvalue weighted by molar-refractivity contribution is -0.131. The summed E-state index contributed by atoms with van der Waals surface area (Å²) in [6.45, 7) is 0. The molecule has 2 N–H and O–H groups in total. The number of hydrogen-bond donors (Lipinski definition) is 2. The zero-order valence-corrected chi connectivity index (χ0v) is 5.73. The molecule has 1 aliphatic carbocycles. The average Bonchev–Trinajstić information content (AvgIpc) is 1.99. The largest absolute Gasteiger partial charge is 0.505 e. The van der Waals surface area contributed by atoms with Crippen molar-refractivity contribution in [2.45, 2.75) is 12.5 Å². The second-order valence-corrected chi connectivity index (χ2v) is 2.42. The van der Waals surface area contributed by atoms with Crippen molar-refractivity contribution in [1.29, 1.82) is 0 Å². The smallest absolute Gasteiger partial charge is 0.209 e. The summed E-state index contributed by atoms with van der Waals surface area (Å²) < 4.78 is 0. The lowest BCUT2D eigenvalue weighted by Crippen LogP contribution is -2.33. The van der Waals surface area contributed by atoms with E-state index in [4.69, 9.17) is 10.2 Å². The van der Waals surface area contributed by atoms with E-state index in [1.54, 1.807) is 0 Å². The fourth-order valence-corrected chi connectivity index (χ4v) is 0.978. The normalized spacial score (nSPS) is 31.4. The van der Waals surface area contributed by atoms with Gasteiger partial charge in [0, 0.05) is 0 Å².